The molecular formula is C18H19NO4. The van der Waals surface area contributed by atoms with Gasteiger partial charge in [-0.2, -0.15) is 0 Å². The third-order valence-corrected chi connectivity index (χ3v) is 3.31. The molecule has 0 spiro atoms. The molecule has 2 aromatic rings. The van der Waals surface area contributed by atoms with Gasteiger partial charge in [0, 0.05) is 5.69 Å². The second kappa shape index (κ2) is 7.98. The maximum Gasteiger partial charge on any atom is 0.338 e. The second-order valence-corrected chi connectivity index (χ2v) is 4.90. The zero-order valence-corrected chi connectivity index (χ0v) is 13.2. The standard InChI is InChI=1S/C18H19NO4/c1-3-13-4-8-15(9-5-13)19-17(20)12-23-18(21)14-6-10-16(22-2)11-7-14/h4-11H,3,12H2,1-2H3,(H,19,20). The van der Waals surface area contributed by atoms with Gasteiger partial charge in [0.05, 0.1) is 12.7 Å². The highest BCUT2D eigenvalue weighted by molar-refractivity contribution is 5.95. The number of hydrogen-bond acceptors (Lipinski definition) is 4. The van der Waals surface area contributed by atoms with Crippen LogP contribution in [0.4, 0.5) is 5.69 Å². The summed E-state index contributed by atoms with van der Waals surface area (Å²) in [7, 11) is 1.55. The molecule has 0 atom stereocenters. The van der Waals surface area contributed by atoms with Crippen LogP contribution in [0, 0.1) is 0 Å². The first-order chi connectivity index (χ1) is 11.1. The molecule has 5 heteroatoms. The Kier molecular flexibility index (Phi) is 5.74. The average Bonchev–Trinajstić information content (AvgIpc) is 2.60. The lowest BCUT2D eigenvalue weighted by Gasteiger charge is -2.07. The van der Waals surface area contributed by atoms with E-state index in [1.807, 2.05) is 24.3 Å². The minimum absolute atomic E-state index is 0.333. The molecule has 0 heterocycles. The van der Waals surface area contributed by atoms with Gasteiger partial charge in [-0.15, -0.1) is 0 Å². The predicted octanol–water partition coefficient (Wildman–Crippen LogP) is 3.05. The number of carbonyl (C=O) groups is 2. The second-order valence-electron chi connectivity index (χ2n) is 4.90. The predicted molar refractivity (Wildman–Crippen MR) is 87.7 cm³/mol. The lowest BCUT2D eigenvalue weighted by molar-refractivity contribution is -0.119. The molecule has 0 fully saturated rings. The Morgan fingerprint density at radius 2 is 1.65 bits per heavy atom. The molecule has 23 heavy (non-hydrogen) atoms. The van der Waals surface area contributed by atoms with Crippen molar-refractivity contribution in [3.05, 3.63) is 59.7 Å². The summed E-state index contributed by atoms with van der Waals surface area (Å²) in [5.74, 6) is -0.282. The summed E-state index contributed by atoms with van der Waals surface area (Å²) in [6.07, 6.45) is 0.938. The fraction of sp³-hybridized carbons (Fsp3) is 0.222. The Balaban J connectivity index is 1.83. The first-order valence-electron chi connectivity index (χ1n) is 7.32. The van der Waals surface area contributed by atoms with Crippen molar-refractivity contribution >= 4 is 17.6 Å². The van der Waals surface area contributed by atoms with Gasteiger partial charge < -0.3 is 14.8 Å². The summed E-state index contributed by atoms with van der Waals surface area (Å²) in [4.78, 5) is 23.6. The van der Waals surface area contributed by atoms with Crippen molar-refractivity contribution in [2.45, 2.75) is 13.3 Å². The van der Waals surface area contributed by atoms with Crippen LogP contribution in [0.15, 0.2) is 48.5 Å². The van der Waals surface area contributed by atoms with Crippen LogP contribution < -0.4 is 10.1 Å². The van der Waals surface area contributed by atoms with E-state index in [2.05, 4.69) is 12.2 Å². The fourth-order valence-corrected chi connectivity index (χ4v) is 1.96. The Hall–Kier alpha value is -2.82. The van der Waals surface area contributed by atoms with Gasteiger partial charge in [0.25, 0.3) is 5.91 Å². The Morgan fingerprint density at radius 3 is 2.22 bits per heavy atom. The number of aryl methyl sites for hydroxylation is 1. The summed E-state index contributed by atoms with van der Waals surface area (Å²) in [6.45, 7) is 1.73. The van der Waals surface area contributed by atoms with E-state index in [0.717, 1.165) is 6.42 Å². The van der Waals surface area contributed by atoms with E-state index >= 15 is 0 Å². The van der Waals surface area contributed by atoms with Crippen LogP contribution in [0.5, 0.6) is 5.75 Å². The highest BCUT2D eigenvalue weighted by atomic mass is 16.5. The number of esters is 1. The van der Waals surface area contributed by atoms with Crippen molar-refractivity contribution in [2.24, 2.45) is 0 Å². The minimum Gasteiger partial charge on any atom is -0.497 e. The van der Waals surface area contributed by atoms with E-state index in [4.69, 9.17) is 9.47 Å². The molecular weight excluding hydrogens is 294 g/mol. The Bertz CT molecular complexity index is 662. The zero-order chi connectivity index (χ0) is 16.7. The first kappa shape index (κ1) is 16.5. The molecule has 2 rings (SSSR count). The molecule has 0 radical (unpaired) electrons. The van der Waals surface area contributed by atoms with Crippen LogP contribution >= 0.6 is 0 Å². The van der Waals surface area contributed by atoms with Crippen molar-refractivity contribution in [3.63, 3.8) is 0 Å². The normalized spacial score (nSPS) is 10.0. The molecule has 0 aliphatic rings. The molecule has 0 aliphatic carbocycles. The summed E-state index contributed by atoms with van der Waals surface area (Å²) in [6, 6.07) is 14.0. The van der Waals surface area contributed by atoms with Crippen molar-refractivity contribution in [3.8, 4) is 5.75 Å². The number of rotatable bonds is 6. The van der Waals surface area contributed by atoms with E-state index in [-0.39, 0.29) is 12.5 Å². The number of hydrogen-bond donors (Lipinski definition) is 1. The van der Waals surface area contributed by atoms with Crippen molar-refractivity contribution < 1.29 is 19.1 Å². The number of methoxy groups -OCH3 is 1. The molecule has 1 amide bonds. The Labute approximate surface area is 135 Å². The van der Waals surface area contributed by atoms with E-state index in [1.54, 1.807) is 31.4 Å². The lowest BCUT2D eigenvalue weighted by atomic mass is 10.1. The van der Waals surface area contributed by atoms with Crippen LogP contribution in [0.3, 0.4) is 0 Å². The Morgan fingerprint density at radius 1 is 1.00 bits per heavy atom. The third kappa shape index (κ3) is 4.85. The minimum atomic E-state index is -0.552. The smallest absolute Gasteiger partial charge is 0.338 e. The van der Waals surface area contributed by atoms with Gasteiger partial charge in [-0.05, 0) is 48.4 Å². The highest BCUT2D eigenvalue weighted by Gasteiger charge is 2.10. The van der Waals surface area contributed by atoms with Crippen molar-refractivity contribution in [2.75, 3.05) is 19.0 Å². The molecule has 0 bridgehead atoms. The molecule has 120 valence electrons. The summed E-state index contributed by atoms with van der Waals surface area (Å²) in [5, 5.41) is 2.68. The zero-order valence-electron chi connectivity index (χ0n) is 13.2. The van der Waals surface area contributed by atoms with E-state index < -0.39 is 5.97 Å². The SMILES string of the molecule is CCc1ccc(NC(=O)COC(=O)c2ccc(OC)cc2)cc1. The van der Waals surface area contributed by atoms with Gasteiger partial charge in [-0.3, -0.25) is 4.79 Å². The maximum absolute atomic E-state index is 11.8. The van der Waals surface area contributed by atoms with E-state index in [0.29, 0.717) is 17.0 Å². The summed E-state index contributed by atoms with van der Waals surface area (Å²) >= 11 is 0. The molecule has 0 unspecified atom stereocenters. The molecule has 0 aromatic heterocycles. The number of nitrogens with one attached hydrogen (secondary N) is 1. The van der Waals surface area contributed by atoms with Crippen LogP contribution in [0.25, 0.3) is 0 Å². The topological polar surface area (TPSA) is 64.6 Å². The number of amides is 1. The lowest BCUT2D eigenvalue weighted by Crippen LogP contribution is -2.20. The molecule has 0 aliphatic heterocycles. The van der Waals surface area contributed by atoms with Gasteiger partial charge in [-0.1, -0.05) is 19.1 Å². The number of carbonyl (C=O) groups excluding carboxylic acids is 2. The molecule has 1 N–H and O–H groups in total. The van der Waals surface area contributed by atoms with Crippen molar-refractivity contribution in [1.82, 2.24) is 0 Å². The largest absolute Gasteiger partial charge is 0.497 e. The quantitative estimate of drug-likeness (QED) is 0.833. The maximum atomic E-state index is 11.8. The highest BCUT2D eigenvalue weighted by Crippen LogP contribution is 2.12. The fourth-order valence-electron chi connectivity index (χ4n) is 1.96. The first-order valence-corrected chi connectivity index (χ1v) is 7.32. The summed E-state index contributed by atoms with van der Waals surface area (Å²) < 4.78 is 10.0. The summed E-state index contributed by atoms with van der Waals surface area (Å²) in [5.41, 5.74) is 2.23. The van der Waals surface area contributed by atoms with Gasteiger partial charge in [0.15, 0.2) is 6.61 Å². The molecule has 2 aromatic carbocycles. The van der Waals surface area contributed by atoms with Crippen molar-refractivity contribution in [1.29, 1.82) is 0 Å². The van der Waals surface area contributed by atoms with Gasteiger partial charge in [0.1, 0.15) is 5.75 Å². The van der Waals surface area contributed by atoms with E-state index in [1.165, 1.54) is 5.56 Å². The average molecular weight is 313 g/mol. The van der Waals surface area contributed by atoms with E-state index in [9.17, 15) is 9.59 Å². The number of ether oxygens (including phenoxy) is 2. The molecule has 5 nitrogen and oxygen atoms in total. The van der Waals surface area contributed by atoms with Gasteiger partial charge >= 0.3 is 5.97 Å². The third-order valence-electron chi connectivity index (χ3n) is 3.31. The van der Waals surface area contributed by atoms with Crippen LogP contribution in [0.2, 0.25) is 0 Å². The molecule has 0 saturated carbocycles. The number of anilines is 1. The number of benzene rings is 2. The monoisotopic (exact) mass is 313 g/mol. The van der Waals surface area contributed by atoms with Gasteiger partial charge in [-0.25, -0.2) is 4.79 Å². The van der Waals surface area contributed by atoms with Crippen LogP contribution in [0.1, 0.15) is 22.8 Å². The van der Waals surface area contributed by atoms with Crippen LogP contribution in [-0.2, 0) is 16.0 Å². The van der Waals surface area contributed by atoms with Crippen LogP contribution in [-0.4, -0.2) is 25.6 Å². The molecule has 0 saturated heterocycles. The van der Waals surface area contributed by atoms with Gasteiger partial charge in [0.2, 0.25) is 0 Å².